The van der Waals surface area contributed by atoms with Crippen molar-refractivity contribution in [2.24, 2.45) is 0 Å². The van der Waals surface area contributed by atoms with E-state index in [1.807, 2.05) is 60.7 Å². The predicted octanol–water partition coefficient (Wildman–Crippen LogP) is 5.46. The SMILES string of the molecule is N#Cc1ccc(-c2ccccc2OCc2ccccc2)c(Cl)c1. The number of halogens is 1. The molecule has 3 aromatic rings. The Morgan fingerprint density at radius 3 is 2.35 bits per heavy atom. The fourth-order valence-electron chi connectivity index (χ4n) is 2.35. The van der Waals surface area contributed by atoms with E-state index in [1.54, 1.807) is 12.1 Å². The lowest BCUT2D eigenvalue weighted by atomic mass is 10.0. The van der Waals surface area contributed by atoms with Crippen LogP contribution in [0.25, 0.3) is 11.1 Å². The van der Waals surface area contributed by atoms with Crippen molar-refractivity contribution in [2.45, 2.75) is 6.61 Å². The molecule has 0 atom stereocenters. The number of rotatable bonds is 4. The molecule has 0 amide bonds. The topological polar surface area (TPSA) is 33.0 Å². The van der Waals surface area contributed by atoms with Gasteiger partial charge in [-0.25, -0.2) is 0 Å². The summed E-state index contributed by atoms with van der Waals surface area (Å²) in [6.45, 7) is 0.492. The second-order valence-corrected chi connectivity index (χ2v) is 5.48. The highest BCUT2D eigenvalue weighted by atomic mass is 35.5. The summed E-state index contributed by atoms with van der Waals surface area (Å²) >= 11 is 6.33. The number of ether oxygens (including phenoxy) is 1. The van der Waals surface area contributed by atoms with Crippen molar-refractivity contribution >= 4 is 11.6 Å². The number of nitrogens with zero attached hydrogens (tertiary/aromatic N) is 1. The molecule has 0 aromatic heterocycles. The molecule has 0 heterocycles. The Morgan fingerprint density at radius 2 is 1.61 bits per heavy atom. The minimum atomic E-state index is 0.492. The standard InChI is InChI=1S/C20H14ClNO/c21-19-12-16(13-22)10-11-17(19)18-8-4-5-9-20(18)23-14-15-6-2-1-3-7-15/h1-12H,14H2. The molecule has 0 aliphatic heterocycles. The van der Waals surface area contributed by atoms with Crippen LogP contribution in [0.5, 0.6) is 5.75 Å². The number of nitriles is 1. The summed E-state index contributed by atoms with van der Waals surface area (Å²) in [6.07, 6.45) is 0. The van der Waals surface area contributed by atoms with E-state index in [4.69, 9.17) is 21.6 Å². The molecule has 2 nitrogen and oxygen atoms in total. The van der Waals surface area contributed by atoms with Crippen LogP contribution in [0.3, 0.4) is 0 Å². The summed E-state index contributed by atoms with van der Waals surface area (Å²) in [5.74, 6) is 0.767. The van der Waals surface area contributed by atoms with Gasteiger partial charge in [0, 0.05) is 16.1 Å². The van der Waals surface area contributed by atoms with Crippen molar-refractivity contribution < 1.29 is 4.74 Å². The zero-order chi connectivity index (χ0) is 16.1. The van der Waals surface area contributed by atoms with Crippen LogP contribution in [0.1, 0.15) is 11.1 Å². The number of hydrogen-bond acceptors (Lipinski definition) is 2. The Morgan fingerprint density at radius 1 is 0.870 bits per heavy atom. The van der Waals surface area contributed by atoms with Gasteiger partial charge in [-0.05, 0) is 23.8 Å². The van der Waals surface area contributed by atoms with Gasteiger partial charge in [-0.1, -0.05) is 66.2 Å². The quantitative estimate of drug-likeness (QED) is 0.640. The Kier molecular flexibility index (Phi) is 4.61. The zero-order valence-corrected chi connectivity index (χ0v) is 13.1. The molecule has 0 saturated heterocycles. The van der Waals surface area contributed by atoms with Gasteiger partial charge in [0.05, 0.1) is 11.6 Å². The molecule has 3 heteroatoms. The summed E-state index contributed by atoms with van der Waals surface area (Å²) in [7, 11) is 0. The van der Waals surface area contributed by atoms with Gasteiger partial charge in [-0.3, -0.25) is 0 Å². The van der Waals surface area contributed by atoms with Gasteiger partial charge in [-0.15, -0.1) is 0 Å². The van der Waals surface area contributed by atoms with Crippen LogP contribution in [0.4, 0.5) is 0 Å². The molecule has 0 aliphatic rings. The monoisotopic (exact) mass is 319 g/mol. The van der Waals surface area contributed by atoms with E-state index in [0.29, 0.717) is 17.2 Å². The van der Waals surface area contributed by atoms with Gasteiger partial charge in [0.2, 0.25) is 0 Å². The van der Waals surface area contributed by atoms with Gasteiger partial charge >= 0.3 is 0 Å². The summed E-state index contributed by atoms with van der Waals surface area (Å²) in [4.78, 5) is 0. The van der Waals surface area contributed by atoms with Gasteiger partial charge < -0.3 is 4.74 Å². The Labute approximate surface area is 140 Å². The summed E-state index contributed by atoms with van der Waals surface area (Å²) in [6, 6.07) is 25.1. The number of hydrogen-bond donors (Lipinski definition) is 0. The van der Waals surface area contributed by atoms with E-state index in [9.17, 15) is 0 Å². The van der Waals surface area contributed by atoms with Crippen molar-refractivity contribution in [3.05, 3.63) is 88.9 Å². The van der Waals surface area contributed by atoms with Crippen LogP contribution in [0.2, 0.25) is 5.02 Å². The molecule has 23 heavy (non-hydrogen) atoms. The first kappa shape index (κ1) is 15.1. The largest absolute Gasteiger partial charge is 0.488 e. The normalized spacial score (nSPS) is 10.1. The lowest BCUT2D eigenvalue weighted by Gasteiger charge is -2.13. The third-order valence-corrected chi connectivity index (χ3v) is 3.83. The maximum Gasteiger partial charge on any atom is 0.127 e. The van der Waals surface area contributed by atoms with Crippen molar-refractivity contribution in [1.29, 1.82) is 5.26 Å². The van der Waals surface area contributed by atoms with Crippen LogP contribution in [0.15, 0.2) is 72.8 Å². The van der Waals surface area contributed by atoms with Crippen molar-refractivity contribution in [3.63, 3.8) is 0 Å². The Balaban J connectivity index is 1.91. The third-order valence-electron chi connectivity index (χ3n) is 3.51. The average Bonchev–Trinajstić information content (AvgIpc) is 2.61. The van der Waals surface area contributed by atoms with Crippen molar-refractivity contribution in [2.75, 3.05) is 0 Å². The maximum absolute atomic E-state index is 8.96. The zero-order valence-electron chi connectivity index (χ0n) is 12.4. The van der Waals surface area contributed by atoms with Crippen LogP contribution in [-0.4, -0.2) is 0 Å². The Bertz CT molecular complexity index is 853. The fourth-order valence-corrected chi connectivity index (χ4v) is 2.64. The number of para-hydroxylation sites is 1. The highest BCUT2D eigenvalue weighted by Crippen LogP contribution is 2.35. The third kappa shape index (κ3) is 3.53. The fraction of sp³-hybridized carbons (Fsp3) is 0.0500. The molecule has 0 unspecified atom stereocenters. The second-order valence-electron chi connectivity index (χ2n) is 5.08. The van der Waals surface area contributed by atoms with Crippen LogP contribution in [-0.2, 0) is 6.61 Å². The van der Waals surface area contributed by atoms with E-state index >= 15 is 0 Å². The van der Waals surface area contributed by atoms with E-state index in [2.05, 4.69) is 6.07 Å². The predicted molar refractivity (Wildman–Crippen MR) is 92.4 cm³/mol. The van der Waals surface area contributed by atoms with E-state index < -0.39 is 0 Å². The first-order valence-electron chi connectivity index (χ1n) is 7.24. The molecule has 0 aliphatic carbocycles. The molecular formula is C20H14ClNO. The average molecular weight is 320 g/mol. The van der Waals surface area contributed by atoms with Crippen molar-refractivity contribution in [3.8, 4) is 22.9 Å². The minimum absolute atomic E-state index is 0.492. The molecule has 3 rings (SSSR count). The van der Waals surface area contributed by atoms with Crippen LogP contribution in [0, 0.1) is 11.3 Å². The molecule has 0 fully saturated rings. The molecule has 3 aromatic carbocycles. The molecule has 0 radical (unpaired) electrons. The maximum atomic E-state index is 8.96. The van der Waals surface area contributed by atoms with E-state index in [-0.39, 0.29) is 0 Å². The highest BCUT2D eigenvalue weighted by Gasteiger charge is 2.10. The second kappa shape index (κ2) is 7.00. The van der Waals surface area contributed by atoms with Gasteiger partial charge in [-0.2, -0.15) is 5.26 Å². The first-order valence-corrected chi connectivity index (χ1v) is 7.61. The lowest BCUT2D eigenvalue weighted by Crippen LogP contribution is -1.97. The number of benzene rings is 3. The van der Waals surface area contributed by atoms with E-state index in [1.165, 1.54) is 0 Å². The molecule has 112 valence electrons. The molecule has 0 N–H and O–H groups in total. The van der Waals surface area contributed by atoms with E-state index in [0.717, 1.165) is 22.4 Å². The Hall–Kier alpha value is -2.76. The van der Waals surface area contributed by atoms with Gasteiger partial charge in [0.25, 0.3) is 0 Å². The molecule has 0 spiro atoms. The first-order chi connectivity index (χ1) is 11.3. The van der Waals surface area contributed by atoms with Gasteiger partial charge in [0.1, 0.15) is 12.4 Å². The minimum Gasteiger partial charge on any atom is -0.488 e. The van der Waals surface area contributed by atoms with Crippen molar-refractivity contribution in [1.82, 2.24) is 0 Å². The molecule has 0 bridgehead atoms. The summed E-state index contributed by atoms with van der Waals surface area (Å²) in [5.41, 5.74) is 3.42. The van der Waals surface area contributed by atoms with Crippen LogP contribution < -0.4 is 4.74 Å². The molecular weight excluding hydrogens is 306 g/mol. The van der Waals surface area contributed by atoms with Crippen LogP contribution >= 0.6 is 11.6 Å². The smallest absolute Gasteiger partial charge is 0.127 e. The van der Waals surface area contributed by atoms with Gasteiger partial charge in [0.15, 0.2) is 0 Å². The summed E-state index contributed by atoms with van der Waals surface area (Å²) in [5, 5.41) is 9.50. The highest BCUT2D eigenvalue weighted by molar-refractivity contribution is 6.33. The molecule has 0 saturated carbocycles. The summed E-state index contributed by atoms with van der Waals surface area (Å²) < 4.78 is 5.97. The lowest BCUT2D eigenvalue weighted by molar-refractivity contribution is 0.307.